The molecule has 1 atom stereocenters. The molecule has 0 bridgehead atoms. The van der Waals surface area contributed by atoms with E-state index in [1.165, 1.54) is 15.8 Å². The Morgan fingerprint density at radius 3 is 2.62 bits per heavy atom. The second kappa shape index (κ2) is 5.87. The van der Waals surface area contributed by atoms with Crippen LogP contribution in [0.4, 0.5) is 5.82 Å². The van der Waals surface area contributed by atoms with Gasteiger partial charge in [-0.05, 0) is 26.3 Å². The summed E-state index contributed by atoms with van der Waals surface area (Å²) < 4.78 is 0. The standard InChI is InChI=1S/C15H23N5S/c1-10(8-16)19-4-6-20(7-5-19)14-13-11(2)12(3)21-15(13)18-9-17-14/h9-10H,4-8,16H2,1-3H3. The van der Waals surface area contributed by atoms with Crippen LogP contribution >= 0.6 is 11.3 Å². The minimum Gasteiger partial charge on any atom is -0.353 e. The van der Waals surface area contributed by atoms with Crippen LogP contribution in [0, 0.1) is 13.8 Å². The molecule has 1 saturated heterocycles. The molecule has 114 valence electrons. The minimum atomic E-state index is 0.461. The lowest BCUT2D eigenvalue weighted by molar-refractivity contribution is 0.201. The molecule has 0 aliphatic carbocycles. The molecule has 6 heteroatoms. The molecule has 0 amide bonds. The molecular formula is C15H23N5S. The third-order valence-corrected chi connectivity index (χ3v) is 5.64. The van der Waals surface area contributed by atoms with Gasteiger partial charge in [0.25, 0.3) is 0 Å². The Bertz CT molecular complexity index is 630. The van der Waals surface area contributed by atoms with E-state index in [1.807, 2.05) is 0 Å². The van der Waals surface area contributed by atoms with Gasteiger partial charge < -0.3 is 10.6 Å². The first kappa shape index (κ1) is 14.7. The molecule has 3 rings (SSSR count). The molecule has 5 nitrogen and oxygen atoms in total. The Morgan fingerprint density at radius 2 is 1.95 bits per heavy atom. The topological polar surface area (TPSA) is 58.3 Å². The lowest BCUT2D eigenvalue weighted by Gasteiger charge is -2.38. The Labute approximate surface area is 129 Å². The van der Waals surface area contributed by atoms with Crippen molar-refractivity contribution in [2.45, 2.75) is 26.8 Å². The second-order valence-corrected chi connectivity index (χ2v) is 6.97. The lowest BCUT2D eigenvalue weighted by Crippen LogP contribution is -2.51. The van der Waals surface area contributed by atoms with Gasteiger partial charge in [-0.25, -0.2) is 9.97 Å². The molecule has 0 saturated carbocycles. The number of hydrogen-bond acceptors (Lipinski definition) is 6. The first-order valence-electron chi connectivity index (χ1n) is 7.51. The molecular weight excluding hydrogens is 282 g/mol. The second-order valence-electron chi connectivity index (χ2n) is 5.77. The van der Waals surface area contributed by atoms with Gasteiger partial charge in [0.05, 0.1) is 5.39 Å². The largest absolute Gasteiger partial charge is 0.353 e. The van der Waals surface area contributed by atoms with Gasteiger partial charge >= 0.3 is 0 Å². The highest BCUT2D eigenvalue weighted by Crippen LogP contribution is 2.34. The number of aryl methyl sites for hydroxylation is 2. The number of nitrogens with zero attached hydrogens (tertiary/aromatic N) is 4. The van der Waals surface area contributed by atoms with E-state index in [4.69, 9.17) is 5.73 Å². The summed E-state index contributed by atoms with van der Waals surface area (Å²) in [6.07, 6.45) is 1.70. The maximum absolute atomic E-state index is 5.77. The average Bonchev–Trinajstić information content (AvgIpc) is 2.81. The van der Waals surface area contributed by atoms with Crippen molar-refractivity contribution < 1.29 is 0 Å². The number of rotatable bonds is 3. The molecule has 2 N–H and O–H groups in total. The monoisotopic (exact) mass is 305 g/mol. The van der Waals surface area contributed by atoms with E-state index in [-0.39, 0.29) is 0 Å². The van der Waals surface area contributed by atoms with Gasteiger partial charge in [0, 0.05) is 43.6 Å². The molecule has 1 aliphatic heterocycles. The Hall–Kier alpha value is -1.24. The first-order valence-corrected chi connectivity index (χ1v) is 8.33. The van der Waals surface area contributed by atoms with Crippen molar-refractivity contribution in [3.05, 3.63) is 16.8 Å². The third-order valence-electron chi connectivity index (χ3n) is 4.52. The number of aromatic nitrogens is 2. The summed E-state index contributed by atoms with van der Waals surface area (Å²) in [5.41, 5.74) is 7.09. The van der Waals surface area contributed by atoms with Crippen molar-refractivity contribution in [1.82, 2.24) is 14.9 Å². The summed E-state index contributed by atoms with van der Waals surface area (Å²) in [6.45, 7) is 11.4. The molecule has 1 aliphatic rings. The molecule has 1 unspecified atom stereocenters. The third kappa shape index (κ3) is 2.63. The van der Waals surface area contributed by atoms with E-state index in [2.05, 4.69) is 40.5 Å². The van der Waals surface area contributed by atoms with Crippen LogP contribution in [0.1, 0.15) is 17.4 Å². The van der Waals surface area contributed by atoms with Crippen molar-refractivity contribution in [3.8, 4) is 0 Å². The van der Waals surface area contributed by atoms with Crippen LogP contribution in [0.15, 0.2) is 6.33 Å². The minimum absolute atomic E-state index is 0.461. The van der Waals surface area contributed by atoms with Crippen LogP contribution in [0.5, 0.6) is 0 Å². The molecule has 0 radical (unpaired) electrons. The zero-order valence-corrected chi connectivity index (χ0v) is 13.8. The van der Waals surface area contributed by atoms with Crippen molar-refractivity contribution in [1.29, 1.82) is 0 Å². The smallest absolute Gasteiger partial charge is 0.141 e. The van der Waals surface area contributed by atoms with Crippen LogP contribution in [0.2, 0.25) is 0 Å². The van der Waals surface area contributed by atoms with Crippen molar-refractivity contribution in [2.24, 2.45) is 5.73 Å². The van der Waals surface area contributed by atoms with E-state index >= 15 is 0 Å². The van der Waals surface area contributed by atoms with E-state index in [0.29, 0.717) is 6.04 Å². The highest BCUT2D eigenvalue weighted by Gasteiger charge is 2.23. The summed E-state index contributed by atoms with van der Waals surface area (Å²) in [7, 11) is 0. The fourth-order valence-electron chi connectivity index (χ4n) is 2.93. The van der Waals surface area contributed by atoms with Gasteiger partial charge in [0.2, 0.25) is 0 Å². The normalized spacial score (nSPS) is 18.4. The van der Waals surface area contributed by atoms with E-state index in [0.717, 1.165) is 43.4 Å². The number of piperazine rings is 1. The van der Waals surface area contributed by atoms with Crippen molar-refractivity contribution >= 4 is 27.4 Å². The van der Waals surface area contributed by atoms with Gasteiger partial charge in [0.15, 0.2) is 0 Å². The molecule has 1 fully saturated rings. The molecule has 2 aromatic heterocycles. The van der Waals surface area contributed by atoms with Gasteiger partial charge in [-0.3, -0.25) is 4.90 Å². The SMILES string of the molecule is Cc1sc2ncnc(N3CCN(C(C)CN)CC3)c2c1C. The maximum Gasteiger partial charge on any atom is 0.141 e. The summed E-state index contributed by atoms with van der Waals surface area (Å²) >= 11 is 1.76. The summed E-state index contributed by atoms with van der Waals surface area (Å²) in [4.78, 5) is 16.3. The van der Waals surface area contributed by atoms with E-state index in [9.17, 15) is 0 Å². The fraction of sp³-hybridized carbons (Fsp3) is 0.600. The molecule has 0 spiro atoms. The number of fused-ring (bicyclic) bond motifs is 1. The van der Waals surface area contributed by atoms with Crippen LogP contribution in [0.25, 0.3) is 10.2 Å². The van der Waals surface area contributed by atoms with E-state index < -0.39 is 0 Å². The molecule has 0 aromatic carbocycles. The first-order chi connectivity index (χ1) is 10.1. The highest BCUT2D eigenvalue weighted by molar-refractivity contribution is 7.18. The number of hydrogen-bond donors (Lipinski definition) is 1. The average molecular weight is 305 g/mol. The summed E-state index contributed by atoms with van der Waals surface area (Å²) in [5.74, 6) is 1.10. The predicted octanol–water partition coefficient (Wildman–Crippen LogP) is 1.78. The van der Waals surface area contributed by atoms with Gasteiger partial charge in [0.1, 0.15) is 17.0 Å². The van der Waals surface area contributed by atoms with Crippen LogP contribution < -0.4 is 10.6 Å². The van der Waals surface area contributed by atoms with Gasteiger partial charge in [-0.15, -0.1) is 11.3 Å². The Balaban J connectivity index is 1.86. The maximum atomic E-state index is 5.77. The Morgan fingerprint density at radius 1 is 1.24 bits per heavy atom. The van der Waals surface area contributed by atoms with Crippen LogP contribution in [-0.2, 0) is 0 Å². The van der Waals surface area contributed by atoms with Crippen LogP contribution in [0.3, 0.4) is 0 Å². The number of anilines is 1. The lowest BCUT2D eigenvalue weighted by atomic mass is 10.2. The Kier molecular flexibility index (Phi) is 4.10. The van der Waals surface area contributed by atoms with Gasteiger partial charge in [-0.1, -0.05) is 0 Å². The number of thiophene rings is 1. The van der Waals surface area contributed by atoms with Crippen LogP contribution in [-0.4, -0.2) is 53.6 Å². The number of nitrogens with two attached hydrogens (primary N) is 1. The molecule has 3 heterocycles. The van der Waals surface area contributed by atoms with Crippen molar-refractivity contribution in [3.63, 3.8) is 0 Å². The zero-order valence-electron chi connectivity index (χ0n) is 13.0. The summed E-state index contributed by atoms with van der Waals surface area (Å²) in [6, 6.07) is 0.461. The van der Waals surface area contributed by atoms with E-state index in [1.54, 1.807) is 17.7 Å². The zero-order chi connectivity index (χ0) is 15.0. The summed E-state index contributed by atoms with van der Waals surface area (Å²) in [5, 5.41) is 1.24. The molecule has 2 aromatic rings. The van der Waals surface area contributed by atoms with Crippen molar-refractivity contribution in [2.75, 3.05) is 37.6 Å². The van der Waals surface area contributed by atoms with Gasteiger partial charge in [-0.2, -0.15) is 0 Å². The quantitative estimate of drug-likeness (QED) is 0.936. The predicted molar refractivity (Wildman–Crippen MR) is 89.2 cm³/mol. The highest BCUT2D eigenvalue weighted by atomic mass is 32.1. The molecule has 21 heavy (non-hydrogen) atoms. The fourth-order valence-corrected chi connectivity index (χ4v) is 3.92.